The number of amides is 1. The summed E-state index contributed by atoms with van der Waals surface area (Å²) in [6.45, 7) is -0.0358. The van der Waals surface area contributed by atoms with E-state index in [0.717, 1.165) is 0 Å². The summed E-state index contributed by atoms with van der Waals surface area (Å²) in [6, 6.07) is 5.50. The van der Waals surface area contributed by atoms with Gasteiger partial charge in [-0.3, -0.25) is 25.1 Å². The fourth-order valence-electron chi connectivity index (χ4n) is 1.60. The largest absolute Gasteiger partial charge is 0.481 e. The number of hydrazone groups is 1. The maximum atomic E-state index is 11.6. The number of aliphatic carboxylic acids is 1. The molecule has 1 amide bonds. The summed E-state index contributed by atoms with van der Waals surface area (Å²) in [5.74, 6) is -1.55. The summed E-state index contributed by atoms with van der Waals surface area (Å²) < 4.78 is 0. The zero-order valence-corrected chi connectivity index (χ0v) is 13.2. The Kier molecular flexibility index (Phi) is 7.23. The van der Waals surface area contributed by atoms with Crippen molar-refractivity contribution in [3.63, 3.8) is 0 Å². The minimum absolute atomic E-state index is 0.0358. The quantitative estimate of drug-likeness (QED) is 0.222. The van der Waals surface area contributed by atoms with Crippen LogP contribution in [0.5, 0.6) is 0 Å². The maximum absolute atomic E-state index is 11.6. The maximum Gasteiger partial charge on any atom is 0.303 e. The van der Waals surface area contributed by atoms with Crippen molar-refractivity contribution in [2.45, 2.75) is 12.8 Å². The van der Waals surface area contributed by atoms with Gasteiger partial charge in [-0.25, -0.2) is 0 Å². The van der Waals surface area contributed by atoms with Crippen LogP contribution in [0.1, 0.15) is 18.4 Å². The number of nitrogens with two attached hydrogens (primary N) is 1. The van der Waals surface area contributed by atoms with Gasteiger partial charge in [0.05, 0.1) is 23.6 Å². The first kappa shape index (κ1) is 19.0. The zero-order valence-electron chi connectivity index (χ0n) is 12.4. The summed E-state index contributed by atoms with van der Waals surface area (Å²) in [6.07, 6.45) is -0.466. The van der Waals surface area contributed by atoms with Crippen molar-refractivity contribution in [1.82, 2.24) is 10.7 Å². The molecule has 1 aromatic carbocycles. The van der Waals surface area contributed by atoms with E-state index in [1.807, 2.05) is 0 Å². The molecule has 0 aliphatic carbocycles. The molecule has 5 N–H and O–H groups in total. The number of nitrogens with zero attached hydrogens (tertiary/aromatic N) is 2. The van der Waals surface area contributed by atoms with Crippen LogP contribution in [0.4, 0.5) is 5.69 Å². The molecule has 128 valence electrons. The van der Waals surface area contributed by atoms with E-state index < -0.39 is 16.8 Å². The number of hydrogen-bond donors (Lipinski definition) is 4. The molecule has 0 unspecified atom stereocenters. The lowest BCUT2D eigenvalue weighted by molar-refractivity contribution is -0.384. The molecule has 0 radical (unpaired) electrons. The second-order valence-electron chi connectivity index (χ2n) is 4.51. The fraction of sp³-hybridized carbons (Fsp3) is 0.231. The molecule has 24 heavy (non-hydrogen) atoms. The lowest BCUT2D eigenvalue weighted by Crippen LogP contribution is -2.33. The highest BCUT2D eigenvalue weighted by Gasteiger charge is 2.11. The van der Waals surface area contributed by atoms with Crippen molar-refractivity contribution in [2.75, 3.05) is 6.54 Å². The Morgan fingerprint density at radius 2 is 1.92 bits per heavy atom. The number of carboxylic acid groups (broad SMARTS) is 1. The molecular weight excluding hydrogens is 338 g/mol. The summed E-state index contributed by atoms with van der Waals surface area (Å²) in [4.78, 5) is 32.1. The number of carboxylic acids is 1. The van der Waals surface area contributed by atoms with Crippen molar-refractivity contribution in [3.05, 3.63) is 39.9 Å². The normalized spacial score (nSPS) is 10.8. The molecule has 0 heterocycles. The third-order valence-electron chi connectivity index (χ3n) is 2.73. The molecule has 0 atom stereocenters. The van der Waals surface area contributed by atoms with Crippen LogP contribution in [0.25, 0.3) is 0 Å². The standard InChI is InChI=1S/C13H15N5O5S/c14-13(24)17-16-10(7-15-11(19)5-6-12(20)21)8-1-3-9(4-2-8)18(22)23/h1-4H,5-7H2,(H,15,19)(H,20,21)(H3,14,17,24)/b16-10+. The second kappa shape index (κ2) is 9.15. The Morgan fingerprint density at radius 1 is 1.29 bits per heavy atom. The van der Waals surface area contributed by atoms with Crippen LogP contribution in [0.2, 0.25) is 0 Å². The number of carbonyl (C=O) groups excluding carboxylic acids is 1. The fourth-order valence-corrected chi connectivity index (χ4v) is 1.64. The van der Waals surface area contributed by atoms with Crippen LogP contribution in [0.15, 0.2) is 29.4 Å². The molecule has 0 fully saturated rings. The number of nitrogens with one attached hydrogen (secondary N) is 2. The first-order valence-electron chi connectivity index (χ1n) is 6.65. The van der Waals surface area contributed by atoms with Gasteiger partial charge in [-0.1, -0.05) is 0 Å². The van der Waals surface area contributed by atoms with Gasteiger partial charge in [0, 0.05) is 24.1 Å². The van der Waals surface area contributed by atoms with E-state index in [9.17, 15) is 19.7 Å². The Balaban J connectivity index is 2.82. The first-order chi connectivity index (χ1) is 11.3. The second-order valence-corrected chi connectivity index (χ2v) is 4.95. The van der Waals surface area contributed by atoms with Crippen molar-refractivity contribution in [3.8, 4) is 0 Å². The number of rotatable bonds is 8. The zero-order chi connectivity index (χ0) is 18.1. The van der Waals surface area contributed by atoms with Crippen LogP contribution in [-0.4, -0.2) is 39.3 Å². The summed E-state index contributed by atoms with van der Waals surface area (Å²) in [7, 11) is 0. The Labute approximate surface area is 141 Å². The molecule has 0 aliphatic rings. The predicted octanol–water partition coefficient (Wildman–Crippen LogP) is 0.113. The molecule has 0 aliphatic heterocycles. The summed E-state index contributed by atoms with van der Waals surface area (Å²) in [5.41, 5.74) is 8.40. The predicted molar refractivity (Wildman–Crippen MR) is 89.4 cm³/mol. The van der Waals surface area contributed by atoms with E-state index in [0.29, 0.717) is 11.3 Å². The molecule has 0 saturated heterocycles. The topological polar surface area (TPSA) is 160 Å². The lowest BCUT2D eigenvalue weighted by atomic mass is 10.1. The molecule has 10 nitrogen and oxygen atoms in total. The van der Waals surface area contributed by atoms with Crippen molar-refractivity contribution < 1.29 is 19.6 Å². The van der Waals surface area contributed by atoms with Gasteiger partial charge in [-0.05, 0) is 24.4 Å². The summed E-state index contributed by atoms with van der Waals surface area (Å²) >= 11 is 4.64. The van der Waals surface area contributed by atoms with Crippen LogP contribution >= 0.6 is 12.2 Å². The SMILES string of the molecule is NC(=S)N/N=C(\CNC(=O)CCC(=O)O)c1ccc([N+](=O)[O-])cc1. The van der Waals surface area contributed by atoms with Crippen LogP contribution in [0.3, 0.4) is 0 Å². The highest BCUT2D eigenvalue weighted by atomic mass is 32.1. The average molecular weight is 353 g/mol. The van der Waals surface area contributed by atoms with Crippen LogP contribution in [0, 0.1) is 10.1 Å². The smallest absolute Gasteiger partial charge is 0.303 e. The van der Waals surface area contributed by atoms with Crippen molar-refractivity contribution in [1.29, 1.82) is 0 Å². The molecule has 0 bridgehead atoms. The lowest BCUT2D eigenvalue weighted by Gasteiger charge is -2.09. The van der Waals surface area contributed by atoms with E-state index in [4.69, 9.17) is 10.8 Å². The minimum atomic E-state index is -1.08. The van der Waals surface area contributed by atoms with Crippen molar-refractivity contribution >= 4 is 40.6 Å². The molecule has 0 aromatic heterocycles. The highest BCUT2D eigenvalue weighted by Crippen LogP contribution is 2.12. The molecule has 0 spiro atoms. The van der Waals surface area contributed by atoms with E-state index in [-0.39, 0.29) is 30.2 Å². The van der Waals surface area contributed by atoms with E-state index in [1.165, 1.54) is 24.3 Å². The van der Waals surface area contributed by atoms with Crippen LogP contribution in [-0.2, 0) is 9.59 Å². The highest BCUT2D eigenvalue weighted by molar-refractivity contribution is 7.80. The van der Waals surface area contributed by atoms with Gasteiger partial charge < -0.3 is 16.2 Å². The Morgan fingerprint density at radius 3 is 2.42 bits per heavy atom. The molecule has 0 saturated carbocycles. The van der Waals surface area contributed by atoms with Gasteiger partial charge in [0.1, 0.15) is 0 Å². The number of thiocarbonyl (C=S) groups is 1. The first-order valence-corrected chi connectivity index (χ1v) is 7.05. The number of carbonyl (C=O) groups is 2. The number of non-ortho nitro benzene ring substituents is 1. The van der Waals surface area contributed by atoms with Crippen LogP contribution < -0.4 is 16.5 Å². The molecule has 11 heteroatoms. The van der Waals surface area contributed by atoms with Gasteiger partial charge >= 0.3 is 5.97 Å². The average Bonchev–Trinajstić information content (AvgIpc) is 2.52. The van der Waals surface area contributed by atoms with Gasteiger partial charge in [-0.2, -0.15) is 5.10 Å². The third-order valence-corrected chi connectivity index (χ3v) is 2.82. The van der Waals surface area contributed by atoms with Gasteiger partial charge in [0.2, 0.25) is 5.91 Å². The van der Waals surface area contributed by atoms with E-state index in [2.05, 4.69) is 28.1 Å². The Bertz CT molecular complexity index is 674. The number of nitro groups is 1. The van der Waals surface area contributed by atoms with Gasteiger partial charge in [0.15, 0.2) is 5.11 Å². The number of hydrogen-bond acceptors (Lipinski definition) is 6. The van der Waals surface area contributed by atoms with E-state index in [1.54, 1.807) is 0 Å². The number of nitro benzene ring substituents is 1. The van der Waals surface area contributed by atoms with Gasteiger partial charge in [0.25, 0.3) is 5.69 Å². The Hall–Kier alpha value is -3.08. The number of benzene rings is 1. The molecular formula is C13H15N5O5S. The molecule has 1 rings (SSSR count). The van der Waals surface area contributed by atoms with Crippen molar-refractivity contribution in [2.24, 2.45) is 10.8 Å². The van der Waals surface area contributed by atoms with Gasteiger partial charge in [-0.15, -0.1) is 0 Å². The minimum Gasteiger partial charge on any atom is -0.481 e. The monoisotopic (exact) mass is 353 g/mol. The van der Waals surface area contributed by atoms with E-state index >= 15 is 0 Å². The third kappa shape index (κ3) is 6.79. The molecule has 1 aromatic rings. The summed E-state index contributed by atoms with van der Waals surface area (Å²) in [5, 5.41) is 25.6.